The molecule has 2 rings (SSSR count). The lowest BCUT2D eigenvalue weighted by Gasteiger charge is -2.10. The first kappa shape index (κ1) is 12.9. The van der Waals surface area contributed by atoms with Gasteiger partial charge < -0.3 is 15.8 Å². The average molecular weight is 260 g/mol. The van der Waals surface area contributed by atoms with E-state index in [9.17, 15) is 4.79 Å². The Kier molecular flexibility index (Phi) is 3.41. The van der Waals surface area contributed by atoms with Gasteiger partial charge in [0.05, 0.1) is 24.6 Å². The minimum absolute atomic E-state index is 0.282. The van der Waals surface area contributed by atoms with Crippen LogP contribution < -0.4 is 15.8 Å². The van der Waals surface area contributed by atoms with Gasteiger partial charge in [-0.1, -0.05) is 11.6 Å². The van der Waals surface area contributed by atoms with E-state index in [1.165, 1.54) is 18.0 Å². The van der Waals surface area contributed by atoms with Crippen molar-refractivity contribution < 1.29 is 9.53 Å². The number of rotatable bonds is 3. The summed E-state index contributed by atoms with van der Waals surface area (Å²) in [7, 11) is 3.24. The van der Waals surface area contributed by atoms with Crippen LogP contribution in [0.2, 0.25) is 0 Å². The van der Waals surface area contributed by atoms with Crippen LogP contribution >= 0.6 is 0 Å². The number of aromatic nitrogens is 2. The van der Waals surface area contributed by atoms with Crippen LogP contribution in [-0.4, -0.2) is 22.8 Å². The van der Waals surface area contributed by atoms with Crippen molar-refractivity contribution in [3.63, 3.8) is 0 Å². The second kappa shape index (κ2) is 5.01. The molecule has 0 saturated carbocycles. The topological polar surface area (TPSA) is 82.2 Å². The van der Waals surface area contributed by atoms with Gasteiger partial charge in [-0.05, 0) is 19.1 Å². The molecule has 0 aliphatic carbocycles. The fourth-order valence-corrected chi connectivity index (χ4v) is 1.78. The first-order valence-electron chi connectivity index (χ1n) is 5.76. The standard InChI is InChI=1S/C13H16N4O2/c1-8-4-5-11(19-3)9(6-8)13(18)16-12-10(14)7-15-17(12)2/h4-7H,14H2,1-3H3,(H,16,18). The van der Waals surface area contributed by atoms with Crippen molar-refractivity contribution in [3.05, 3.63) is 35.5 Å². The zero-order valence-corrected chi connectivity index (χ0v) is 11.1. The predicted molar refractivity (Wildman–Crippen MR) is 73.3 cm³/mol. The first-order chi connectivity index (χ1) is 9.02. The van der Waals surface area contributed by atoms with E-state index in [1.54, 1.807) is 19.2 Å². The molecular weight excluding hydrogens is 244 g/mol. The smallest absolute Gasteiger partial charge is 0.260 e. The van der Waals surface area contributed by atoms with E-state index < -0.39 is 0 Å². The highest BCUT2D eigenvalue weighted by molar-refractivity contribution is 6.07. The monoisotopic (exact) mass is 260 g/mol. The quantitative estimate of drug-likeness (QED) is 0.877. The molecule has 3 N–H and O–H groups in total. The van der Waals surface area contributed by atoms with E-state index in [-0.39, 0.29) is 5.91 Å². The summed E-state index contributed by atoms with van der Waals surface area (Å²) in [5.41, 5.74) is 7.59. The van der Waals surface area contributed by atoms with E-state index >= 15 is 0 Å². The highest BCUT2D eigenvalue weighted by Crippen LogP contribution is 2.22. The number of anilines is 2. The van der Waals surface area contributed by atoms with Gasteiger partial charge in [0.25, 0.3) is 5.91 Å². The Balaban J connectivity index is 2.32. The first-order valence-corrected chi connectivity index (χ1v) is 5.76. The summed E-state index contributed by atoms with van der Waals surface area (Å²) < 4.78 is 6.70. The van der Waals surface area contributed by atoms with E-state index in [4.69, 9.17) is 10.5 Å². The molecule has 100 valence electrons. The van der Waals surface area contributed by atoms with Gasteiger partial charge >= 0.3 is 0 Å². The fourth-order valence-electron chi connectivity index (χ4n) is 1.78. The molecule has 0 aliphatic heterocycles. The minimum Gasteiger partial charge on any atom is -0.496 e. The number of carbonyl (C=O) groups excluding carboxylic acids is 1. The zero-order chi connectivity index (χ0) is 14.0. The second-order valence-corrected chi connectivity index (χ2v) is 4.23. The molecule has 0 unspecified atom stereocenters. The number of carbonyl (C=O) groups is 1. The number of benzene rings is 1. The third-order valence-corrected chi connectivity index (χ3v) is 2.80. The summed E-state index contributed by atoms with van der Waals surface area (Å²) in [5, 5.41) is 6.70. The minimum atomic E-state index is -0.282. The molecule has 2 aromatic rings. The third kappa shape index (κ3) is 2.52. The molecule has 1 aromatic carbocycles. The van der Waals surface area contributed by atoms with E-state index in [2.05, 4.69) is 10.4 Å². The number of ether oxygens (including phenoxy) is 1. The molecule has 1 amide bonds. The maximum Gasteiger partial charge on any atom is 0.260 e. The Hall–Kier alpha value is -2.50. The Morgan fingerprint density at radius 2 is 2.21 bits per heavy atom. The van der Waals surface area contributed by atoms with Crippen LogP contribution in [0.25, 0.3) is 0 Å². The highest BCUT2D eigenvalue weighted by atomic mass is 16.5. The molecule has 0 bridgehead atoms. The summed E-state index contributed by atoms with van der Waals surface area (Å²) in [6, 6.07) is 5.41. The Morgan fingerprint density at radius 1 is 1.47 bits per heavy atom. The second-order valence-electron chi connectivity index (χ2n) is 4.23. The van der Waals surface area contributed by atoms with Crippen molar-refractivity contribution in [1.82, 2.24) is 9.78 Å². The molecule has 19 heavy (non-hydrogen) atoms. The summed E-state index contributed by atoms with van der Waals surface area (Å²) in [6.07, 6.45) is 1.49. The number of aryl methyl sites for hydroxylation is 2. The van der Waals surface area contributed by atoms with Gasteiger partial charge in [-0.15, -0.1) is 0 Å². The van der Waals surface area contributed by atoms with Gasteiger partial charge in [0.2, 0.25) is 0 Å². The Bertz CT molecular complexity index is 600. The molecule has 1 aromatic heterocycles. The van der Waals surface area contributed by atoms with Gasteiger partial charge in [0.1, 0.15) is 5.75 Å². The molecule has 1 heterocycles. The Morgan fingerprint density at radius 3 is 2.79 bits per heavy atom. The summed E-state index contributed by atoms with van der Waals surface area (Å²) >= 11 is 0. The van der Waals surface area contributed by atoms with Gasteiger partial charge in [0.15, 0.2) is 5.82 Å². The zero-order valence-electron chi connectivity index (χ0n) is 11.1. The van der Waals surface area contributed by atoms with Gasteiger partial charge in [-0.3, -0.25) is 9.48 Å². The van der Waals surface area contributed by atoms with Crippen LogP contribution in [-0.2, 0) is 7.05 Å². The highest BCUT2D eigenvalue weighted by Gasteiger charge is 2.15. The predicted octanol–water partition coefficient (Wildman–Crippen LogP) is 1.57. The Labute approximate surface area is 111 Å². The van der Waals surface area contributed by atoms with Crippen molar-refractivity contribution in [2.75, 3.05) is 18.2 Å². The van der Waals surface area contributed by atoms with Gasteiger partial charge in [-0.2, -0.15) is 5.10 Å². The van der Waals surface area contributed by atoms with Crippen molar-refractivity contribution in [1.29, 1.82) is 0 Å². The van der Waals surface area contributed by atoms with Crippen LogP contribution in [0.15, 0.2) is 24.4 Å². The number of nitrogens with zero attached hydrogens (tertiary/aromatic N) is 2. The van der Waals surface area contributed by atoms with E-state index in [0.717, 1.165) is 5.56 Å². The van der Waals surface area contributed by atoms with Crippen molar-refractivity contribution in [2.45, 2.75) is 6.92 Å². The van der Waals surface area contributed by atoms with Crippen molar-refractivity contribution in [2.24, 2.45) is 7.05 Å². The van der Waals surface area contributed by atoms with Gasteiger partial charge in [0, 0.05) is 7.05 Å². The van der Waals surface area contributed by atoms with Crippen molar-refractivity contribution >= 4 is 17.4 Å². The van der Waals surface area contributed by atoms with Crippen LogP contribution in [0.5, 0.6) is 5.75 Å². The average Bonchev–Trinajstić information content (AvgIpc) is 2.70. The van der Waals surface area contributed by atoms with E-state index in [1.807, 2.05) is 13.0 Å². The maximum atomic E-state index is 12.3. The maximum absolute atomic E-state index is 12.3. The van der Waals surface area contributed by atoms with Crippen LogP contribution in [0.1, 0.15) is 15.9 Å². The lowest BCUT2D eigenvalue weighted by molar-refractivity contribution is 0.102. The number of nitrogens with one attached hydrogen (secondary N) is 1. The summed E-state index contributed by atoms with van der Waals surface area (Å²) in [5.74, 6) is 0.702. The SMILES string of the molecule is COc1ccc(C)cc1C(=O)Nc1c(N)cnn1C. The third-order valence-electron chi connectivity index (χ3n) is 2.80. The number of methoxy groups -OCH3 is 1. The lowest BCUT2D eigenvalue weighted by atomic mass is 10.1. The summed E-state index contributed by atoms with van der Waals surface area (Å²) in [6.45, 7) is 1.91. The molecule has 0 radical (unpaired) electrons. The number of hydrogen-bond donors (Lipinski definition) is 2. The summed E-state index contributed by atoms with van der Waals surface area (Å²) in [4.78, 5) is 12.3. The number of amides is 1. The van der Waals surface area contributed by atoms with Crippen molar-refractivity contribution in [3.8, 4) is 5.75 Å². The molecular formula is C13H16N4O2. The number of nitrogen functional groups attached to an aromatic ring is 1. The molecule has 6 heteroatoms. The number of nitrogens with two attached hydrogens (primary N) is 1. The fraction of sp³-hybridized carbons (Fsp3) is 0.231. The molecule has 0 atom stereocenters. The van der Waals surface area contributed by atoms with Gasteiger partial charge in [-0.25, -0.2) is 0 Å². The lowest BCUT2D eigenvalue weighted by Crippen LogP contribution is -2.16. The number of hydrogen-bond acceptors (Lipinski definition) is 4. The molecule has 0 fully saturated rings. The molecule has 0 aliphatic rings. The van der Waals surface area contributed by atoms with Crippen LogP contribution in [0, 0.1) is 6.92 Å². The van der Waals surface area contributed by atoms with Crippen LogP contribution in [0.4, 0.5) is 11.5 Å². The van der Waals surface area contributed by atoms with E-state index in [0.29, 0.717) is 22.8 Å². The molecule has 0 saturated heterocycles. The molecule has 0 spiro atoms. The largest absolute Gasteiger partial charge is 0.496 e. The molecule has 6 nitrogen and oxygen atoms in total. The normalized spacial score (nSPS) is 10.3. The van der Waals surface area contributed by atoms with Crippen LogP contribution in [0.3, 0.4) is 0 Å².